The number of ether oxygens (including phenoxy) is 1. The SMILES string of the molecule is COCCNC(=O)C(NC(=O)c1cccs1)C1CCN(S(=O)(=O)c2ccc(C)cc2)CC1. The van der Waals surface area contributed by atoms with Crippen molar-refractivity contribution in [3.8, 4) is 0 Å². The van der Waals surface area contributed by atoms with Crippen LogP contribution < -0.4 is 10.6 Å². The number of nitrogens with zero attached hydrogens (tertiary/aromatic N) is 1. The Morgan fingerprint density at radius 1 is 1.19 bits per heavy atom. The number of benzene rings is 1. The summed E-state index contributed by atoms with van der Waals surface area (Å²) in [6.45, 7) is 3.19. The lowest BCUT2D eigenvalue weighted by molar-refractivity contribution is -0.124. The molecule has 10 heteroatoms. The van der Waals surface area contributed by atoms with E-state index in [0.29, 0.717) is 30.9 Å². The fourth-order valence-corrected chi connectivity index (χ4v) is 5.81. The zero-order chi connectivity index (χ0) is 23.1. The Morgan fingerprint density at radius 3 is 2.47 bits per heavy atom. The van der Waals surface area contributed by atoms with Gasteiger partial charge in [0.25, 0.3) is 5.91 Å². The highest BCUT2D eigenvalue weighted by Crippen LogP contribution is 2.26. The Labute approximate surface area is 193 Å². The Morgan fingerprint density at radius 2 is 1.88 bits per heavy atom. The van der Waals surface area contributed by atoms with Crippen LogP contribution in [0.15, 0.2) is 46.7 Å². The smallest absolute Gasteiger partial charge is 0.262 e. The molecule has 1 unspecified atom stereocenters. The maximum Gasteiger partial charge on any atom is 0.262 e. The highest BCUT2D eigenvalue weighted by Gasteiger charge is 2.36. The highest BCUT2D eigenvalue weighted by molar-refractivity contribution is 7.89. The molecule has 2 aromatic rings. The molecular weight excluding hydrogens is 450 g/mol. The van der Waals surface area contributed by atoms with E-state index < -0.39 is 16.1 Å². The molecule has 0 aliphatic carbocycles. The van der Waals surface area contributed by atoms with Gasteiger partial charge in [-0.1, -0.05) is 23.8 Å². The summed E-state index contributed by atoms with van der Waals surface area (Å²) in [6.07, 6.45) is 0.941. The molecule has 0 radical (unpaired) electrons. The van der Waals surface area contributed by atoms with Crippen molar-refractivity contribution in [3.05, 3.63) is 52.2 Å². The van der Waals surface area contributed by atoms with Gasteiger partial charge in [0.2, 0.25) is 15.9 Å². The Balaban J connectivity index is 1.69. The van der Waals surface area contributed by atoms with Gasteiger partial charge in [-0.15, -0.1) is 11.3 Å². The maximum atomic E-state index is 13.0. The van der Waals surface area contributed by atoms with E-state index in [0.717, 1.165) is 5.56 Å². The van der Waals surface area contributed by atoms with Gasteiger partial charge in [-0.2, -0.15) is 4.31 Å². The van der Waals surface area contributed by atoms with E-state index in [4.69, 9.17) is 4.74 Å². The summed E-state index contributed by atoms with van der Waals surface area (Å²) in [5.41, 5.74) is 0.992. The molecule has 2 heterocycles. The van der Waals surface area contributed by atoms with Crippen LogP contribution in [0.5, 0.6) is 0 Å². The Hall–Kier alpha value is -2.27. The van der Waals surface area contributed by atoms with Crippen molar-refractivity contribution in [2.24, 2.45) is 5.92 Å². The molecule has 2 amide bonds. The van der Waals surface area contributed by atoms with E-state index in [1.165, 1.54) is 15.6 Å². The molecule has 0 saturated carbocycles. The lowest BCUT2D eigenvalue weighted by atomic mass is 9.89. The molecule has 8 nitrogen and oxygen atoms in total. The molecule has 1 aliphatic rings. The number of sulfonamides is 1. The van der Waals surface area contributed by atoms with Crippen molar-refractivity contribution in [3.63, 3.8) is 0 Å². The fourth-order valence-electron chi connectivity index (χ4n) is 3.71. The molecule has 0 bridgehead atoms. The van der Waals surface area contributed by atoms with E-state index in [1.54, 1.807) is 48.9 Å². The van der Waals surface area contributed by atoms with Gasteiger partial charge in [0.15, 0.2) is 0 Å². The third-order valence-electron chi connectivity index (χ3n) is 5.55. The lowest BCUT2D eigenvalue weighted by Crippen LogP contribution is -2.54. The molecule has 1 atom stereocenters. The summed E-state index contributed by atoms with van der Waals surface area (Å²) in [6, 6.07) is 9.53. The number of hydrogen-bond donors (Lipinski definition) is 2. The van der Waals surface area contributed by atoms with E-state index >= 15 is 0 Å². The van der Waals surface area contributed by atoms with E-state index in [9.17, 15) is 18.0 Å². The number of carbonyl (C=O) groups excluding carboxylic acids is 2. The predicted molar refractivity (Wildman–Crippen MR) is 123 cm³/mol. The van der Waals surface area contributed by atoms with Crippen molar-refractivity contribution >= 4 is 33.2 Å². The van der Waals surface area contributed by atoms with E-state index in [-0.39, 0.29) is 35.7 Å². The number of hydrogen-bond acceptors (Lipinski definition) is 6. The molecule has 174 valence electrons. The van der Waals surface area contributed by atoms with Gasteiger partial charge in [-0.25, -0.2) is 8.42 Å². The molecule has 1 aromatic carbocycles. The van der Waals surface area contributed by atoms with Crippen molar-refractivity contribution in [2.75, 3.05) is 33.4 Å². The van der Waals surface area contributed by atoms with Crippen LogP contribution in [0.2, 0.25) is 0 Å². The topological polar surface area (TPSA) is 105 Å². The molecule has 1 aliphatic heterocycles. The molecule has 1 saturated heterocycles. The van der Waals surface area contributed by atoms with Gasteiger partial charge < -0.3 is 15.4 Å². The quantitative estimate of drug-likeness (QED) is 0.536. The van der Waals surface area contributed by atoms with Crippen LogP contribution in [0.3, 0.4) is 0 Å². The standard InChI is InChI=1S/C22H29N3O5S2/c1-16-5-7-18(8-6-16)32(28,29)25-12-9-17(10-13-25)20(22(27)23-11-14-30-2)24-21(26)19-4-3-15-31-19/h3-8,15,17,20H,9-14H2,1-2H3,(H,23,27)(H,24,26). The Kier molecular flexibility index (Phi) is 8.41. The summed E-state index contributed by atoms with van der Waals surface area (Å²) in [7, 11) is -2.05. The first-order valence-electron chi connectivity index (χ1n) is 10.5. The minimum absolute atomic E-state index is 0.175. The lowest BCUT2D eigenvalue weighted by Gasteiger charge is -2.35. The van der Waals surface area contributed by atoms with Crippen molar-refractivity contribution in [1.82, 2.24) is 14.9 Å². The number of piperidine rings is 1. The second-order valence-electron chi connectivity index (χ2n) is 7.77. The molecule has 0 spiro atoms. The van der Waals surface area contributed by atoms with Crippen molar-refractivity contribution in [2.45, 2.75) is 30.7 Å². The normalized spacial score (nSPS) is 16.4. The third-order valence-corrected chi connectivity index (χ3v) is 8.33. The average Bonchev–Trinajstić information content (AvgIpc) is 3.33. The summed E-state index contributed by atoms with van der Waals surface area (Å²) in [5, 5.41) is 7.46. The van der Waals surface area contributed by atoms with E-state index in [2.05, 4.69) is 10.6 Å². The first kappa shape index (κ1) is 24.4. The minimum atomic E-state index is -3.59. The molecule has 32 heavy (non-hydrogen) atoms. The average molecular weight is 480 g/mol. The number of thiophene rings is 1. The zero-order valence-corrected chi connectivity index (χ0v) is 19.9. The number of amides is 2. The van der Waals surface area contributed by atoms with Gasteiger partial charge in [-0.3, -0.25) is 9.59 Å². The van der Waals surface area contributed by atoms with Gasteiger partial charge in [-0.05, 0) is 49.3 Å². The van der Waals surface area contributed by atoms with Crippen molar-refractivity contribution < 1.29 is 22.7 Å². The number of nitrogens with one attached hydrogen (secondary N) is 2. The van der Waals surface area contributed by atoms with Crippen LogP contribution in [-0.4, -0.2) is 63.9 Å². The highest BCUT2D eigenvalue weighted by atomic mass is 32.2. The largest absolute Gasteiger partial charge is 0.383 e. The van der Waals surface area contributed by atoms with Crippen LogP contribution in [-0.2, 0) is 19.6 Å². The fraction of sp³-hybridized carbons (Fsp3) is 0.455. The number of methoxy groups -OCH3 is 1. The van der Waals surface area contributed by atoms with Crippen LogP contribution in [0.1, 0.15) is 28.1 Å². The van der Waals surface area contributed by atoms with Gasteiger partial charge >= 0.3 is 0 Å². The summed E-state index contributed by atoms with van der Waals surface area (Å²) < 4.78 is 32.4. The summed E-state index contributed by atoms with van der Waals surface area (Å²) >= 11 is 1.30. The van der Waals surface area contributed by atoms with Crippen LogP contribution in [0.4, 0.5) is 0 Å². The molecular formula is C22H29N3O5S2. The van der Waals surface area contributed by atoms with Crippen LogP contribution in [0.25, 0.3) is 0 Å². The molecule has 2 N–H and O–H groups in total. The van der Waals surface area contributed by atoms with E-state index in [1.807, 2.05) is 6.92 Å². The molecule has 1 fully saturated rings. The summed E-state index contributed by atoms with van der Waals surface area (Å²) in [4.78, 5) is 26.3. The first-order chi connectivity index (χ1) is 15.3. The third kappa shape index (κ3) is 5.94. The van der Waals surface area contributed by atoms with Crippen LogP contribution >= 0.6 is 11.3 Å². The molecule has 3 rings (SSSR count). The van der Waals surface area contributed by atoms with Crippen LogP contribution in [0, 0.1) is 12.8 Å². The number of rotatable bonds is 9. The summed E-state index contributed by atoms with van der Waals surface area (Å²) in [5.74, 6) is -0.765. The van der Waals surface area contributed by atoms with Crippen molar-refractivity contribution in [1.29, 1.82) is 0 Å². The number of carbonyl (C=O) groups is 2. The molecule has 1 aromatic heterocycles. The monoisotopic (exact) mass is 479 g/mol. The zero-order valence-electron chi connectivity index (χ0n) is 18.2. The Bertz CT molecular complexity index is 999. The minimum Gasteiger partial charge on any atom is -0.383 e. The number of aryl methyl sites for hydroxylation is 1. The van der Waals surface area contributed by atoms with Gasteiger partial charge in [0.05, 0.1) is 16.4 Å². The second-order valence-corrected chi connectivity index (χ2v) is 10.7. The van der Waals surface area contributed by atoms with Gasteiger partial charge in [0.1, 0.15) is 6.04 Å². The maximum absolute atomic E-state index is 13.0. The van der Waals surface area contributed by atoms with Gasteiger partial charge in [0, 0.05) is 26.7 Å². The predicted octanol–water partition coefficient (Wildman–Crippen LogP) is 2.02. The second kappa shape index (κ2) is 11.0. The first-order valence-corrected chi connectivity index (χ1v) is 12.8.